The second-order valence-corrected chi connectivity index (χ2v) is 8.41. The van der Waals surface area contributed by atoms with Crippen LogP contribution in [-0.2, 0) is 11.3 Å². The molecular formula is C22H27N3O4S. The molecule has 3 rings (SSSR count). The zero-order valence-corrected chi connectivity index (χ0v) is 18.3. The molecule has 0 aliphatic carbocycles. The van der Waals surface area contributed by atoms with Crippen LogP contribution in [0.1, 0.15) is 35.7 Å². The number of hydrogen-bond acceptors (Lipinski definition) is 6. The van der Waals surface area contributed by atoms with Gasteiger partial charge in [-0.2, -0.15) is 0 Å². The summed E-state index contributed by atoms with van der Waals surface area (Å²) in [5.41, 5.74) is 1.51. The predicted molar refractivity (Wildman–Crippen MR) is 116 cm³/mol. The van der Waals surface area contributed by atoms with Crippen LogP contribution in [0.3, 0.4) is 0 Å². The largest absolute Gasteiger partial charge is 0.493 e. The first-order chi connectivity index (χ1) is 14.5. The number of likely N-dealkylation sites (tertiary alicyclic amines) is 1. The van der Waals surface area contributed by atoms with Crippen LogP contribution in [0.2, 0.25) is 0 Å². The molecule has 1 atom stereocenters. The highest BCUT2D eigenvalue weighted by Gasteiger charge is 2.20. The standard InChI is InChI=1S/C22H27N3O4S/c1-15(21(26)24-13-16-6-8-18(28-2)19(12-16)29-3)30-20-9-7-17(14-23-20)22(27)25-10-4-5-11-25/h6-9,12,14-15H,4-5,10-11,13H2,1-3H3,(H,24,26). The number of thioether (sulfide) groups is 1. The van der Waals surface area contributed by atoms with Crippen LogP contribution in [0.5, 0.6) is 11.5 Å². The zero-order valence-electron chi connectivity index (χ0n) is 17.5. The van der Waals surface area contributed by atoms with E-state index in [-0.39, 0.29) is 17.1 Å². The van der Waals surface area contributed by atoms with E-state index in [1.165, 1.54) is 11.8 Å². The number of nitrogens with one attached hydrogen (secondary N) is 1. The summed E-state index contributed by atoms with van der Waals surface area (Å²) < 4.78 is 10.5. The van der Waals surface area contributed by atoms with Crippen LogP contribution in [0.4, 0.5) is 0 Å². The van der Waals surface area contributed by atoms with Crippen molar-refractivity contribution in [1.29, 1.82) is 0 Å². The predicted octanol–water partition coefficient (Wildman–Crippen LogP) is 3.13. The number of amides is 2. The SMILES string of the molecule is COc1ccc(CNC(=O)C(C)Sc2ccc(C(=O)N3CCCC3)cn2)cc1OC. The van der Waals surface area contributed by atoms with Gasteiger partial charge < -0.3 is 19.7 Å². The fraction of sp³-hybridized carbons (Fsp3) is 0.409. The van der Waals surface area contributed by atoms with Crippen LogP contribution >= 0.6 is 11.8 Å². The zero-order chi connectivity index (χ0) is 21.5. The number of pyridine rings is 1. The van der Waals surface area contributed by atoms with Crippen molar-refractivity contribution in [3.63, 3.8) is 0 Å². The summed E-state index contributed by atoms with van der Waals surface area (Å²) in [5.74, 6) is 1.21. The lowest BCUT2D eigenvalue weighted by atomic mass is 10.2. The van der Waals surface area contributed by atoms with E-state index in [9.17, 15) is 9.59 Å². The quantitative estimate of drug-likeness (QED) is 0.650. The molecule has 160 valence electrons. The van der Waals surface area contributed by atoms with E-state index in [4.69, 9.17) is 9.47 Å². The van der Waals surface area contributed by atoms with Crippen molar-refractivity contribution >= 4 is 23.6 Å². The maximum Gasteiger partial charge on any atom is 0.255 e. The molecule has 1 aliphatic heterocycles. The molecule has 1 aromatic heterocycles. The van der Waals surface area contributed by atoms with Crippen LogP contribution in [0, 0.1) is 0 Å². The van der Waals surface area contributed by atoms with Crippen molar-refractivity contribution in [2.75, 3.05) is 27.3 Å². The molecule has 1 N–H and O–H groups in total. The molecule has 0 spiro atoms. The number of hydrogen-bond donors (Lipinski definition) is 1. The number of carbonyl (C=O) groups excluding carboxylic acids is 2. The van der Waals surface area contributed by atoms with E-state index < -0.39 is 0 Å². The molecule has 1 saturated heterocycles. The average molecular weight is 430 g/mol. The second kappa shape index (κ2) is 10.3. The Kier molecular flexibility index (Phi) is 7.57. The Labute approximate surface area is 181 Å². The second-order valence-electron chi connectivity index (χ2n) is 7.05. The first-order valence-electron chi connectivity index (χ1n) is 9.92. The van der Waals surface area contributed by atoms with Crippen LogP contribution in [0.25, 0.3) is 0 Å². The number of methoxy groups -OCH3 is 2. The summed E-state index contributed by atoms with van der Waals surface area (Å²) in [6.45, 7) is 3.85. The van der Waals surface area contributed by atoms with Crippen LogP contribution < -0.4 is 14.8 Å². The highest BCUT2D eigenvalue weighted by Crippen LogP contribution is 2.27. The molecular weight excluding hydrogens is 402 g/mol. The number of carbonyl (C=O) groups is 2. The van der Waals surface area contributed by atoms with E-state index in [2.05, 4.69) is 10.3 Å². The minimum Gasteiger partial charge on any atom is -0.493 e. The molecule has 30 heavy (non-hydrogen) atoms. The van der Waals surface area contributed by atoms with Crippen LogP contribution in [-0.4, -0.2) is 54.3 Å². The van der Waals surface area contributed by atoms with Crippen molar-refractivity contribution in [2.45, 2.75) is 36.6 Å². The summed E-state index contributed by atoms with van der Waals surface area (Å²) >= 11 is 1.36. The fourth-order valence-electron chi connectivity index (χ4n) is 3.24. The summed E-state index contributed by atoms with van der Waals surface area (Å²) in [5, 5.41) is 3.32. The Morgan fingerprint density at radius 1 is 1.13 bits per heavy atom. The number of aromatic nitrogens is 1. The number of benzene rings is 1. The van der Waals surface area contributed by atoms with Gasteiger partial charge in [0.25, 0.3) is 5.91 Å². The van der Waals surface area contributed by atoms with Crippen molar-refractivity contribution in [3.05, 3.63) is 47.7 Å². The van der Waals surface area contributed by atoms with Crippen molar-refractivity contribution in [2.24, 2.45) is 0 Å². The van der Waals surface area contributed by atoms with E-state index >= 15 is 0 Å². The van der Waals surface area contributed by atoms with Crippen LogP contribution in [0.15, 0.2) is 41.6 Å². The van der Waals surface area contributed by atoms with Gasteiger partial charge in [0.15, 0.2) is 11.5 Å². The molecule has 1 aliphatic rings. The Balaban J connectivity index is 1.52. The van der Waals surface area contributed by atoms with E-state index in [0.717, 1.165) is 31.5 Å². The van der Waals surface area contributed by atoms with Gasteiger partial charge in [0.1, 0.15) is 0 Å². The normalized spacial score (nSPS) is 14.3. The lowest BCUT2D eigenvalue weighted by Crippen LogP contribution is -2.30. The molecule has 0 saturated carbocycles. The topological polar surface area (TPSA) is 80.8 Å². The van der Waals surface area contributed by atoms with E-state index in [0.29, 0.717) is 28.6 Å². The first-order valence-corrected chi connectivity index (χ1v) is 10.8. The van der Waals surface area contributed by atoms with Gasteiger partial charge in [0, 0.05) is 25.8 Å². The Bertz CT molecular complexity index is 882. The number of ether oxygens (including phenoxy) is 2. The van der Waals surface area contributed by atoms with E-state index in [1.54, 1.807) is 32.5 Å². The molecule has 1 aromatic carbocycles. The molecule has 2 heterocycles. The van der Waals surface area contributed by atoms with Gasteiger partial charge in [-0.15, -0.1) is 0 Å². The molecule has 0 radical (unpaired) electrons. The third kappa shape index (κ3) is 5.44. The maximum absolute atomic E-state index is 12.5. The number of nitrogens with zero attached hydrogens (tertiary/aromatic N) is 2. The van der Waals surface area contributed by atoms with Gasteiger partial charge in [-0.25, -0.2) is 4.98 Å². The summed E-state index contributed by atoms with van der Waals surface area (Å²) in [6, 6.07) is 9.12. The van der Waals surface area contributed by atoms with Crippen molar-refractivity contribution in [3.8, 4) is 11.5 Å². The molecule has 1 fully saturated rings. The molecule has 7 nitrogen and oxygen atoms in total. The van der Waals surface area contributed by atoms with Gasteiger partial charge in [-0.05, 0) is 49.6 Å². The Morgan fingerprint density at radius 2 is 1.87 bits per heavy atom. The summed E-state index contributed by atoms with van der Waals surface area (Å²) in [7, 11) is 3.16. The van der Waals surface area contributed by atoms with Gasteiger partial charge in [0.05, 0.1) is 30.1 Å². The number of rotatable bonds is 8. The Morgan fingerprint density at radius 3 is 2.50 bits per heavy atom. The van der Waals surface area contributed by atoms with E-state index in [1.807, 2.05) is 30.0 Å². The molecule has 2 amide bonds. The Hall–Kier alpha value is -2.74. The third-order valence-electron chi connectivity index (χ3n) is 4.96. The monoisotopic (exact) mass is 429 g/mol. The van der Waals surface area contributed by atoms with Crippen molar-refractivity contribution in [1.82, 2.24) is 15.2 Å². The highest BCUT2D eigenvalue weighted by molar-refractivity contribution is 8.00. The minimum absolute atomic E-state index is 0.0252. The lowest BCUT2D eigenvalue weighted by molar-refractivity contribution is -0.120. The van der Waals surface area contributed by atoms with Gasteiger partial charge in [-0.1, -0.05) is 17.8 Å². The molecule has 8 heteroatoms. The van der Waals surface area contributed by atoms with Crippen molar-refractivity contribution < 1.29 is 19.1 Å². The van der Waals surface area contributed by atoms with Gasteiger partial charge in [-0.3, -0.25) is 9.59 Å². The molecule has 0 bridgehead atoms. The van der Waals surface area contributed by atoms with Gasteiger partial charge >= 0.3 is 0 Å². The van der Waals surface area contributed by atoms with Gasteiger partial charge in [0.2, 0.25) is 5.91 Å². The minimum atomic E-state index is -0.322. The average Bonchev–Trinajstić information content (AvgIpc) is 3.32. The third-order valence-corrected chi connectivity index (χ3v) is 6.01. The molecule has 1 unspecified atom stereocenters. The molecule has 2 aromatic rings. The first kappa shape index (κ1) is 22.0. The maximum atomic E-state index is 12.5. The fourth-order valence-corrected chi connectivity index (χ4v) is 4.05. The highest BCUT2D eigenvalue weighted by atomic mass is 32.2. The summed E-state index contributed by atoms with van der Waals surface area (Å²) in [6.07, 6.45) is 3.71. The smallest absolute Gasteiger partial charge is 0.255 e. The summed E-state index contributed by atoms with van der Waals surface area (Å²) in [4.78, 5) is 31.1. The lowest BCUT2D eigenvalue weighted by Gasteiger charge is -2.15.